The van der Waals surface area contributed by atoms with Crippen molar-refractivity contribution in [2.75, 3.05) is 12.8 Å². The first-order chi connectivity index (χ1) is 6.70. The zero-order chi connectivity index (χ0) is 10.2. The molecule has 74 valence electrons. The van der Waals surface area contributed by atoms with E-state index in [9.17, 15) is 4.79 Å². The molecule has 0 aliphatic heterocycles. The van der Waals surface area contributed by atoms with E-state index in [1.807, 2.05) is 24.3 Å². The van der Waals surface area contributed by atoms with Gasteiger partial charge in [-0.15, -0.1) is 0 Å². The van der Waals surface area contributed by atoms with Gasteiger partial charge in [0.25, 0.3) is 0 Å². The van der Waals surface area contributed by atoms with E-state index in [1.165, 1.54) is 7.11 Å². The second-order valence-electron chi connectivity index (χ2n) is 3.66. The first-order valence-electron chi connectivity index (χ1n) is 4.64. The van der Waals surface area contributed by atoms with E-state index in [4.69, 9.17) is 10.5 Å². The number of para-hydroxylation sites is 1. The highest BCUT2D eigenvalue weighted by atomic mass is 16.5. The largest absolute Gasteiger partial charge is 0.468 e. The molecule has 0 aromatic heterocycles. The lowest BCUT2D eigenvalue weighted by atomic mass is 9.94. The van der Waals surface area contributed by atoms with Gasteiger partial charge in [0.05, 0.1) is 12.5 Å². The normalized spacial score (nSPS) is 17.5. The van der Waals surface area contributed by atoms with Crippen molar-refractivity contribution in [1.82, 2.24) is 0 Å². The molecule has 0 spiro atoms. The molecule has 0 amide bonds. The van der Waals surface area contributed by atoms with Gasteiger partial charge in [-0.05, 0) is 24.5 Å². The standard InChI is InChI=1S/C11H13NO2/c1-14-10(13)11(6-7-11)8-4-2-3-5-9(8)12/h2-5H,6-7,12H2,1H3. The number of ether oxygens (including phenoxy) is 1. The van der Waals surface area contributed by atoms with Crippen LogP contribution in [0.25, 0.3) is 0 Å². The van der Waals surface area contributed by atoms with E-state index < -0.39 is 5.41 Å². The third kappa shape index (κ3) is 1.16. The molecule has 1 aliphatic rings. The lowest BCUT2D eigenvalue weighted by molar-refractivity contribution is -0.143. The summed E-state index contributed by atoms with van der Waals surface area (Å²) in [5, 5.41) is 0. The number of anilines is 1. The molecule has 1 fully saturated rings. The Bertz CT molecular complexity index is 369. The van der Waals surface area contributed by atoms with Crippen molar-refractivity contribution >= 4 is 11.7 Å². The maximum Gasteiger partial charge on any atom is 0.316 e. The molecule has 1 aliphatic carbocycles. The maximum atomic E-state index is 11.6. The molecule has 0 atom stereocenters. The minimum Gasteiger partial charge on any atom is -0.468 e. The number of esters is 1. The van der Waals surface area contributed by atoms with Crippen LogP contribution in [0, 0.1) is 0 Å². The smallest absolute Gasteiger partial charge is 0.316 e. The lowest BCUT2D eigenvalue weighted by Crippen LogP contribution is -2.22. The molecule has 2 rings (SSSR count). The van der Waals surface area contributed by atoms with Gasteiger partial charge in [0.1, 0.15) is 0 Å². The zero-order valence-electron chi connectivity index (χ0n) is 8.12. The van der Waals surface area contributed by atoms with Gasteiger partial charge in [-0.1, -0.05) is 18.2 Å². The molecule has 0 heterocycles. The third-order valence-corrected chi connectivity index (χ3v) is 2.80. The number of benzene rings is 1. The van der Waals surface area contributed by atoms with Gasteiger partial charge in [0.15, 0.2) is 0 Å². The summed E-state index contributed by atoms with van der Waals surface area (Å²) in [5.41, 5.74) is 6.97. The Hall–Kier alpha value is -1.51. The highest BCUT2D eigenvalue weighted by Gasteiger charge is 2.53. The van der Waals surface area contributed by atoms with Crippen molar-refractivity contribution in [3.63, 3.8) is 0 Å². The van der Waals surface area contributed by atoms with E-state index in [2.05, 4.69) is 0 Å². The van der Waals surface area contributed by atoms with E-state index in [1.54, 1.807) is 0 Å². The van der Waals surface area contributed by atoms with E-state index in [-0.39, 0.29) is 5.97 Å². The molecule has 1 aromatic rings. The van der Waals surface area contributed by atoms with Gasteiger partial charge in [-0.3, -0.25) is 4.79 Å². The highest BCUT2D eigenvalue weighted by molar-refractivity contribution is 5.88. The second-order valence-corrected chi connectivity index (χ2v) is 3.66. The number of nitrogen functional groups attached to an aromatic ring is 1. The summed E-state index contributed by atoms with van der Waals surface area (Å²) in [6.07, 6.45) is 1.68. The average molecular weight is 191 g/mol. The molecule has 14 heavy (non-hydrogen) atoms. The van der Waals surface area contributed by atoms with Crippen LogP contribution < -0.4 is 5.73 Å². The number of carbonyl (C=O) groups is 1. The number of rotatable bonds is 2. The Morgan fingerprint density at radius 3 is 2.57 bits per heavy atom. The fraction of sp³-hybridized carbons (Fsp3) is 0.364. The summed E-state index contributed by atoms with van der Waals surface area (Å²) >= 11 is 0. The van der Waals surface area contributed by atoms with Crippen LogP contribution in [-0.2, 0) is 14.9 Å². The van der Waals surface area contributed by atoms with Crippen LogP contribution in [0.2, 0.25) is 0 Å². The van der Waals surface area contributed by atoms with Crippen molar-refractivity contribution < 1.29 is 9.53 Å². The fourth-order valence-electron chi connectivity index (χ4n) is 1.84. The predicted molar refractivity (Wildman–Crippen MR) is 53.8 cm³/mol. The molecule has 0 unspecified atom stereocenters. The Morgan fingerprint density at radius 1 is 1.43 bits per heavy atom. The van der Waals surface area contributed by atoms with Gasteiger partial charge in [0, 0.05) is 5.69 Å². The summed E-state index contributed by atoms with van der Waals surface area (Å²) in [4.78, 5) is 11.6. The minimum atomic E-state index is -0.444. The molecule has 1 saturated carbocycles. The molecular formula is C11H13NO2. The molecule has 1 aromatic carbocycles. The predicted octanol–water partition coefficient (Wildman–Crippen LogP) is 1.47. The van der Waals surface area contributed by atoms with Gasteiger partial charge in [0.2, 0.25) is 0 Å². The number of methoxy groups -OCH3 is 1. The highest BCUT2D eigenvalue weighted by Crippen LogP contribution is 2.50. The lowest BCUT2D eigenvalue weighted by Gasteiger charge is -2.14. The molecule has 3 heteroatoms. The van der Waals surface area contributed by atoms with Crippen molar-refractivity contribution in [3.8, 4) is 0 Å². The summed E-state index contributed by atoms with van der Waals surface area (Å²) in [6.45, 7) is 0. The van der Waals surface area contributed by atoms with Crippen molar-refractivity contribution in [3.05, 3.63) is 29.8 Å². The molecule has 0 bridgehead atoms. The average Bonchev–Trinajstić information content (AvgIpc) is 2.98. The Morgan fingerprint density at radius 2 is 2.07 bits per heavy atom. The number of hydrogen-bond acceptors (Lipinski definition) is 3. The van der Waals surface area contributed by atoms with Crippen LogP contribution in [0.5, 0.6) is 0 Å². The van der Waals surface area contributed by atoms with Crippen LogP contribution in [0.15, 0.2) is 24.3 Å². The van der Waals surface area contributed by atoms with Crippen LogP contribution in [0.4, 0.5) is 5.69 Å². The summed E-state index contributed by atoms with van der Waals surface area (Å²) < 4.78 is 4.79. The van der Waals surface area contributed by atoms with Crippen molar-refractivity contribution in [2.45, 2.75) is 18.3 Å². The quantitative estimate of drug-likeness (QED) is 0.569. The summed E-state index contributed by atoms with van der Waals surface area (Å²) in [5.74, 6) is -0.171. The van der Waals surface area contributed by atoms with E-state index in [0.29, 0.717) is 5.69 Å². The van der Waals surface area contributed by atoms with Crippen LogP contribution in [-0.4, -0.2) is 13.1 Å². The number of hydrogen-bond donors (Lipinski definition) is 1. The Kier molecular flexibility index (Phi) is 1.95. The third-order valence-electron chi connectivity index (χ3n) is 2.80. The molecule has 0 saturated heterocycles. The van der Waals surface area contributed by atoms with Crippen molar-refractivity contribution in [2.24, 2.45) is 0 Å². The number of carbonyl (C=O) groups excluding carboxylic acids is 1. The number of nitrogens with two attached hydrogens (primary N) is 1. The van der Waals surface area contributed by atoms with E-state index >= 15 is 0 Å². The van der Waals surface area contributed by atoms with Crippen LogP contribution >= 0.6 is 0 Å². The minimum absolute atomic E-state index is 0.171. The molecule has 2 N–H and O–H groups in total. The first-order valence-corrected chi connectivity index (χ1v) is 4.64. The topological polar surface area (TPSA) is 52.3 Å². The first kappa shape index (κ1) is 9.06. The Balaban J connectivity index is 2.40. The zero-order valence-corrected chi connectivity index (χ0v) is 8.12. The summed E-state index contributed by atoms with van der Waals surface area (Å²) in [6, 6.07) is 7.48. The van der Waals surface area contributed by atoms with Crippen molar-refractivity contribution in [1.29, 1.82) is 0 Å². The summed E-state index contributed by atoms with van der Waals surface area (Å²) in [7, 11) is 1.42. The van der Waals surface area contributed by atoms with Crippen LogP contribution in [0.1, 0.15) is 18.4 Å². The van der Waals surface area contributed by atoms with Gasteiger partial charge in [-0.2, -0.15) is 0 Å². The van der Waals surface area contributed by atoms with Gasteiger partial charge in [-0.25, -0.2) is 0 Å². The van der Waals surface area contributed by atoms with Crippen LogP contribution in [0.3, 0.4) is 0 Å². The Labute approximate surface area is 82.9 Å². The molecular weight excluding hydrogens is 178 g/mol. The van der Waals surface area contributed by atoms with E-state index in [0.717, 1.165) is 18.4 Å². The fourth-order valence-corrected chi connectivity index (χ4v) is 1.84. The molecule has 3 nitrogen and oxygen atoms in total. The van der Waals surface area contributed by atoms with Gasteiger partial charge < -0.3 is 10.5 Å². The maximum absolute atomic E-state index is 11.6. The SMILES string of the molecule is COC(=O)C1(c2ccccc2N)CC1. The monoisotopic (exact) mass is 191 g/mol. The molecule has 0 radical (unpaired) electrons. The second kappa shape index (κ2) is 3.01. The van der Waals surface area contributed by atoms with Gasteiger partial charge >= 0.3 is 5.97 Å².